The monoisotopic (exact) mass is 284 g/mol. The summed E-state index contributed by atoms with van der Waals surface area (Å²) < 4.78 is 27.1. The van der Waals surface area contributed by atoms with E-state index < -0.39 is 6.43 Å². The summed E-state index contributed by atoms with van der Waals surface area (Å²) in [5.74, 6) is 0.249. The van der Waals surface area contributed by atoms with E-state index in [-0.39, 0.29) is 11.9 Å². The van der Waals surface area contributed by atoms with Crippen molar-refractivity contribution in [3.05, 3.63) is 46.5 Å². The second kappa shape index (κ2) is 4.86. The average Bonchev–Trinajstić information content (AvgIpc) is 2.83. The molecule has 1 N–H and O–H groups in total. The third-order valence-electron chi connectivity index (χ3n) is 3.15. The molecule has 19 heavy (non-hydrogen) atoms. The highest BCUT2D eigenvalue weighted by Crippen LogP contribution is 2.27. The smallest absolute Gasteiger partial charge is 0.297 e. The molecule has 0 saturated heterocycles. The van der Waals surface area contributed by atoms with Crippen LogP contribution in [0.15, 0.2) is 24.3 Å². The first kappa shape index (κ1) is 12.5. The van der Waals surface area contributed by atoms with Gasteiger partial charge in [0.25, 0.3) is 6.43 Å². The predicted molar refractivity (Wildman–Crippen MR) is 66.3 cm³/mol. The first-order valence-corrected chi connectivity index (χ1v) is 6.24. The Morgan fingerprint density at radius 1 is 1.26 bits per heavy atom. The fourth-order valence-corrected chi connectivity index (χ4v) is 2.39. The predicted octanol–water partition coefficient (Wildman–Crippen LogP) is 2.56. The van der Waals surface area contributed by atoms with Crippen molar-refractivity contribution in [2.75, 3.05) is 6.54 Å². The van der Waals surface area contributed by atoms with Crippen LogP contribution in [0.3, 0.4) is 0 Å². The SMILES string of the molecule is FC(F)c1nnc2n1CCN[C@@H]2c1ccc(Cl)cc1. The van der Waals surface area contributed by atoms with Crippen LogP contribution in [0, 0.1) is 0 Å². The van der Waals surface area contributed by atoms with Gasteiger partial charge in [0.15, 0.2) is 11.6 Å². The molecule has 1 aliphatic rings. The van der Waals surface area contributed by atoms with Crippen LogP contribution in [-0.2, 0) is 6.54 Å². The highest BCUT2D eigenvalue weighted by Gasteiger charge is 2.28. The lowest BCUT2D eigenvalue weighted by Crippen LogP contribution is -2.35. The van der Waals surface area contributed by atoms with Gasteiger partial charge in [0.2, 0.25) is 0 Å². The van der Waals surface area contributed by atoms with Crippen LogP contribution in [0.2, 0.25) is 5.02 Å². The molecule has 1 atom stereocenters. The zero-order chi connectivity index (χ0) is 13.4. The third-order valence-corrected chi connectivity index (χ3v) is 3.40. The molecular formula is C12H11ClF2N4. The largest absolute Gasteiger partial charge is 0.307 e. The molecule has 1 aromatic heterocycles. The van der Waals surface area contributed by atoms with Gasteiger partial charge in [0.05, 0.1) is 6.04 Å². The molecule has 0 radical (unpaired) electrons. The molecule has 2 heterocycles. The molecule has 0 unspecified atom stereocenters. The van der Waals surface area contributed by atoms with E-state index >= 15 is 0 Å². The number of hydrogen-bond acceptors (Lipinski definition) is 3. The molecule has 0 fully saturated rings. The maximum absolute atomic E-state index is 12.8. The number of nitrogens with one attached hydrogen (secondary N) is 1. The Balaban J connectivity index is 2.01. The minimum atomic E-state index is -2.61. The second-order valence-electron chi connectivity index (χ2n) is 4.31. The van der Waals surface area contributed by atoms with E-state index in [2.05, 4.69) is 15.5 Å². The number of rotatable bonds is 2. The van der Waals surface area contributed by atoms with Gasteiger partial charge < -0.3 is 9.88 Å². The molecule has 1 aliphatic heterocycles. The molecule has 7 heteroatoms. The van der Waals surface area contributed by atoms with Gasteiger partial charge in [0, 0.05) is 18.1 Å². The van der Waals surface area contributed by atoms with E-state index in [4.69, 9.17) is 11.6 Å². The molecule has 0 amide bonds. The van der Waals surface area contributed by atoms with Gasteiger partial charge in [-0.25, -0.2) is 8.78 Å². The molecule has 1 aromatic carbocycles. The quantitative estimate of drug-likeness (QED) is 0.922. The van der Waals surface area contributed by atoms with Crippen molar-refractivity contribution < 1.29 is 8.78 Å². The number of fused-ring (bicyclic) bond motifs is 1. The fourth-order valence-electron chi connectivity index (χ4n) is 2.27. The number of alkyl halides is 2. The number of benzene rings is 1. The number of nitrogens with zero attached hydrogens (tertiary/aromatic N) is 3. The maximum atomic E-state index is 12.8. The third kappa shape index (κ3) is 2.21. The highest BCUT2D eigenvalue weighted by atomic mass is 35.5. The average molecular weight is 285 g/mol. The normalized spacial score (nSPS) is 18.6. The Kier molecular flexibility index (Phi) is 3.20. The Morgan fingerprint density at radius 3 is 2.68 bits per heavy atom. The van der Waals surface area contributed by atoms with Gasteiger partial charge in [-0.1, -0.05) is 23.7 Å². The topological polar surface area (TPSA) is 42.7 Å². The van der Waals surface area contributed by atoms with E-state index in [9.17, 15) is 8.78 Å². The van der Waals surface area contributed by atoms with E-state index in [1.54, 1.807) is 12.1 Å². The Bertz CT molecular complexity index is 582. The van der Waals surface area contributed by atoms with Gasteiger partial charge in [-0.3, -0.25) is 0 Å². The minimum Gasteiger partial charge on any atom is -0.307 e. The summed E-state index contributed by atoms with van der Waals surface area (Å²) in [6.07, 6.45) is -2.61. The molecule has 0 spiro atoms. The molecule has 2 aromatic rings. The van der Waals surface area contributed by atoms with Crippen molar-refractivity contribution in [3.63, 3.8) is 0 Å². The second-order valence-corrected chi connectivity index (χ2v) is 4.74. The first-order valence-electron chi connectivity index (χ1n) is 5.87. The van der Waals surface area contributed by atoms with Gasteiger partial charge in [-0.2, -0.15) is 0 Å². The Hall–Kier alpha value is -1.53. The lowest BCUT2D eigenvalue weighted by molar-refractivity contribution is 0.133. The van der Waals surface area contributed by atoms with E-state index in [0.717, 1.165) is 5.56 Å². The Morgan fingerprint density at radius 2 is 2.00 bits per heavy atom. The zero-order valence-corrected chi connectivity index (χ0v) is 10.6. The molecule has 3 rings (SSSR count). The fraction of sp³-hybridized carbons (Fsp3) is 0.333. The first-order chi connectivity index (χ1) is 9.16. The van der Waals surface area contributed by atoms with Crippen molar-refractivity contribution >= 4 is 11.6 Å². The number of halogens is 3. The van der Waals surface area contributed by atoms with Crippen LogP contribution < -0.4 is 5.32 Å². The number of aromatic nitrogens is 3. The highest BCUT2D eigenvalue weighted by molar-refractivity contribution is 6.30. The summed E-state index contributed by atoms with van der Waals surface area (Å²) in [4.78, 5) is 0. The van der Waals surface area contributed by atoms with Crippen molar-refractivity contribution in [1.82, 2.24) is 20.1 Å². The summed E-state index contributed by atoms with van der Waals surface area (Å²) in [5.41, 5.74) is 0.929. The molecular weight excluding hydrogens is 274 g/mol. The van der Waals surface area contributed by atoms with E-state index in [0.29, 0.717) is 23.9 Å². The van der Waals surface area contributed by atoms with Crippen molar-refractivity contribution in [2.45, 2.75) is 19.0 Å². The van der Waals surface area contributed by atoms with Crippen LogP contribution in [-0.4, -0.2) is 21.3 Å². The van der Waals surface area contributed by atoms with E-state index in [1.165, 1.54) is 4.57 Å². The summed E-state index contributed by atoms with van der Waals surface area (Å²) in [6, 6.07) is 7.01. The van der Waals surface area contributed by atoms with Crippen molar-refractivity contribution in [2.24, 2.45) is 0 Å². The van der Waals surface area contributed by atoms with Gasteiger partial charge in [-0.05, 0) is 17.7 Å². The summed E-state index contributed by atoms with van der Waals surface area (Å²) in [5, 5.41) is 11.4. The molecule has 100 valence electrons. The standard InChI is InChI=1S/C12H11ClF2N4/c13-8-3-1-7(2-4-8)9-11-17-18-12(10(14)15)19(11)6-5-16-9/h1-4,9-10,16H,5-6H2/t9-/m1/s1. The van der Waals surface area contributed by atoms with Crippen molar-refractivity contribution in [3.8, 4) is 0 Å². The summed E-state index contributed by atoms with van der Waals surface area (Å²) in [6.45, 7) is 1.05. The lowest BCUT2D eigenvalue weighted by atomic mass is 10.0. The zero-order valence-electron chi connectivity index (χ0n) is 9.85. The van der Waals surface area contributed by atoms with Crippen LogP contribution in [0.5, 0.6) is 0 Å². The summed E-state index contributed by atoms with van der Waals surface area (Å²) in [7, 11) is 0. The van der Waals surface area contributed by atoms with Crippen LogP contribution >= 0.6 is 11.6 Å². The van der Waals surface area contributed by atoms with Gasteiger partial charge >= 0.3 is 0 Å². The van der Waals surface area contributed by atoms with Crippen LogP contribution in [0.1, 0.15) is 29.7 Å². The molecule has 0 saturated carbocycles. The molecule has 0 bridgehead atoms. The van der Waals surface area contributed by atoms with Crippen LogP contribution in [0.25, 0.3) is 0 Å². The maximum Gasteiger partial charge on any atom is 0.297 e. The van der Waals surface area contributed by atoms with Gasteiger partial charge in [-0.15, -0.1) is 10.2 Å². The van der Waals surface area contributed by atoms with Gasteiger partial charge in [0.1, 0.15) is 0 Å². The molecule has 4 nitrogen and oxygen atoms in total. The summed E-state index contributed by atoms with van der Waals surface area (Å²) >= 11 is 5.84. The lowest BCUT2D eigenvalue weighted by Gasteiger charge is -2.25. The minimum absolute atomic E-state index is 0.231. The molecule has 0 aliphatic carbocycles. The number of hydrogen-bond donors (Lipinski definition) is 1. The van der Waals surface area contributed by atoms with E-state index in [1.807, 2.05) is 12.1 Å². The Labute approximate surface area is 113 Å². The van der Waals surface area contributed by atoms with Crippen LogP contribution in [0.4, 0.5) is 8.78 Å². The van der Waals surface area contributed by atoms with Crippen molar-refractivity contribution in [1.29, 1.82) is 0 Å².